The van der Waals surface area contributed by atoms with E-state index in [9.17, 15) is 9.59 Å². The molecule has 8 heteroatoms. The minimum Gasteiger partial charge on any atom is -0.459 e. The highest BCUT2D eigenvalue weighted by atomic mass is 32.2. The molecule has 0 saturated carbocycles. The van der Waals surface area contributed by atoms with Gasteiger partial charge in [-0.05, 0) is 19.3 Å². The van der Waals surface area contributed by atoms with E-state index in [1.54, 1.807) is 6.92 Å². The van der Waals surface area contributed by atoms with Gasteiger partial charge in [-0.1, -0.05) is 30.7 Å². The molecular formula is C12H19N3O4S. The number of nitrogens with one attached hydrogen (secondary N) is 1. The molecule has 112 valence electrons. The van der Waals surface area contributed by atoms with E-state index in [4.69, 9.17) is 9.15 Å². The van der Waals surface area contributed by atoms with Crippen molar-refractivity contribution in [3.05, 3.63) is 5.89 Å². The first-order valence-corrected chi connectivity index (χ1v) is 7.41. The van der Waals surface area contributed by atoms with Crippen molar-refractivity contribution < 1.29 is 18.7 Å². The maximum atomic E-state index is 11.5. The Morgan fingerprint density at radius 2 is 2.15 bits per heavy atom. The van der Waals surface area contributed by atoms with Gasteiger partial charge >= 0.3 is 11.9 Å². The molecule has 0 aliphatic carbocycles. The van der Waals surface area contributed by atoms with Crippen LogP contribution in [0.5, 0.6) is 0 Å². The average Bonchev–Trinajstić information content (AvgIpc) is 2.85. The number of aromatic nitrogens is 2. The molecule has 1 N–H and O–H groups in total. The lowest BCUT2D eigenvalue weighted by atomic mass is 10.1. The van der Waals surface area contributed by atoms with Crippen LogP contribution in [-0.2, 0) is 9.53 Å². The molecule has 20 heavy (non-hydrogen) atoms. The Morgan fingerprint density at radius 1 is 1.40 bits per heavy atom. The number of carbonyl (C=O) groups excluding carboxylic acids is 2. The highest BCUT2D eigenvalue weighted by molar-refractivity contribution is 7.99. The molecule has 0 spiro atoms. The van der Waals surface area contributed by atoms with Crippen molar-refractivity contribution in [3.63, 3.8) is 0 Å². The minimum absolute atomic E-state index is 0.105. The van der Waals surface area contributed by atoms with Crippen molar-refractivity contribution >= 4 is 23.6 Å². The highest BCUT2D eigenvalue weighted by Gasteiger charge is 2.16. The number of hydrogen-bond acceptors (Lipinski definition) is 7. The fraction of sp³-hybridized carbons (Fsp3) is 0.667. The Bertz CT molecular complexity index is 448. The van der Waals surface area contributed by atoms with E-state index < -0.39 is 5.97 Å². The molecule has 1 aromatic rings. The van der Waals surface area contributed by atoms with Gasteiger partial charge in [0, 0.05) is 6.54 Å². The summed E-state index contributed by atoms with van der Waals surface area (Å²) >= 11 is 1.08. The Balaban J connectivity index is 2.31. The molecule has 1 heterocycles. The van der Waals surface area contributed by atoms with Gasteiger partial charge in [0.1, 0.15) is 0 Å². The van der Waals surface area contributed by atoms with Crippen molar-refractivity contribution in [3.8, 4) is 0 Å². The second-order valence-electron chi connectivity index (χ2n) is 4.41. The van der Waals surface area contributed by atoms with Gasteiger partial charge in [-0.25, -0.2) is 4.79 Å². The van der Waals surface area contributed by atoms with Crippen molar-refractivity contribution in [2.24, 2.45) is 5.92 Å². The first kappa shape index (κ1) is 16.5. The number of esters is 1. The smallest absolute Gasteiger partial charge is 0.396 e. The Morgan fingerprint density at radius 3 is 2.80 bits per heavy atom. The summed E-state index contributed by atoms with van der Waals surface area (Å²) < 4.78 is 9.80. The molecule has 7 nitrogen and oxygen atoms in total. The zero-order valence-electron chi connectivity index (χ0n) is 11.8. The van der Waals surface area contributed by atoms with Crippen molar-refractivity contribution in [2.75, 3.05) is 18.9 Å². The van der Waals surface area contributed by atoms with Gasteiger partial charge in [-0.15, -0.1) is 5.10 Å². The molecule has 1 rings (SSSR count). The SMILES string of the molecule is CCOC(=O)c1nnc(SCC(=O)NCCC(C)C)o1. The first-order valence-electron chi connectivity index (χ1n) is 6.43. The molecule has 0 aliphatic rings. The molecular weight excluding hydrogens is 282 g/mol. The molecule has 0 fully saturated rings. The Kier molecular flexibility index (Phi) is 7.06. The van der Waals surface area contributed by atoms with Crippen molar-refractivity contribution in [1.29, 1.82) is 0 Å². The number of amides is 1. The van der Waals surface area contributed by atoms with Crippen molar-refractivity contribution in [1.82, 2.24) is 15.5 Å². The number of rotatable bonds is 8. The summed E-state index contributed by atoms with van der Waals surface area (Å²) in [4.78, 5) is 22.8. The quantitative estimate of drug-likeness (QED) is 0.574. The summed E-state index contributed by atoms with van der Waals surface area (Å²) in [6, 6.07) is 0. The molecule has 0 aromatic carbocycles. The predicted molar refractivity (Wildman–Crippen MR) is 73.4 cm³/mol. The molecule has 0 unspecified atom stereocenters. The monoisotopic (exact) mass is 301 g/mol. The van der Waals surface area contributed by atoms with Crippen LogP contribution in [0.15, 0.2) is 9.64 Å². The third-order valence-corrected chi connectivity index (χ3v) is 3.05. The molecule has 1 amide bonds. The van der Waals surface area contributed by atoms with Crippen molar-refractivity contribution in [2.45, 2.75) is 32.4 Å². The summed E-state index contributed by atoms with van der Waals surface area (Å²) in [7, 11) is 0. The van der Waals surface area contributed by atoms with E-state index in [-0.39, 0.29) is 29.4 Å². The third kappa shape index (κ3) is 6.05. The summed E-state index contributed by atoms with van der Waals surface area (Å²) in [5.41, 5.74) is 0. The summed E-state index contributed by atoms with van der Waals surface area (Å²) in [5.74, 6) is -0.247. The lowest BCUT2D eigenvalue weighted by Gasteiger charge is -2.05. The predicted octanol–water partition coefficient (Wildman–Crippen LogP) is 1.50. The van der Waals surface area contributed by atoms with E-state index in [0.717, 1.165) is 18.2 Å². The maximum absolute atomic E-state index is 11.5. The molecule has 1 aromatic heterocycles. The summed E-state index contributed by atoms with van der Waals surface area (Å²) in [5, 5.41) is 10.2. The number of nitrogens with zero attached hydrogens (tertiary/aromatic N) is 2. The lowest BCUT2D eigenvalue weighted by Crippen LogP contribution is -2.26. The lowest BCUT2D eigenvalue weighted by molar-refractivity contribution is -0.118. The van der Waals surface area contributed by atoms with Gasteiger partial charge in [0.15, 0.2) is 0 Å². The van der Waals surface area contributed by atoms with Gasteiger partial charge < -0.3 is 14.5 Å². The van der Waals surface area contributed by atoms with Crippen LogP contribution >= 0.6 is 11.8 Å². The number of hydrogen-bond donors (Lipinski definition) is 1. The molecule has 0 atom stereocenters. The summed E-state index contributed by atoms with van der Waals surface area (Å²) in [6.07, 6.45) is 0.934. The van der Waals surface area contributed by atoms with Gasteiger partial charge in [-0.2, -0.15) is 0 Å². The highest BCUT2D eigenvalue weighted by Crippen LogP contribution is 2.16. The van der Waals surface area contributed by atoms with E-state index >= 15 is 0 Å². The first-order chi connectivity index (χ1) is 9.52. The largest absolute Gasteiger partial charge is 0.459 e. The second-order valence-corrected chi connectivity index (χ2v) is 5.34. The van der Waals surface area contributed by atoms with Gasteiger partial charge in [0.05, 0.1) is 12.4 Å². The van der Waals surface area contributed by atoms with Crippen LogP contribution in [0.2, 0.25) is 0 Å². The molecule has 0 saturated heterocycles. The van der Waals surface area contributed by atoms with Gasteiger partial charge in [-0.3, -0.25) is 4.79 Å². The third-order valence-electron chi connectivity index (χ3n) is 2.23. The normalized spacial score (nSPS) is 10.6. The van der Waals surface area contributed by atoms with E-state index in [1.807, 2.05) is 0 Å². The summed E-state index contributed by atoms with van der Waals surface area (Å²) in [6.45, 7) is 6.76. The number of carbonyl (C=O) groups is 2. The van der Waals surface area contributed by atoms with E-state index in [0.29, 0.717) is 12.5 Å². The van der Waals surface area contributed by atoms with Crippen LogP contribution in [0.25, 0.3) is 0 Å². The van der Waals surface area contributed by atoms with Crippen LogP contribution in [-0.4, -0.2) is 41.0 Å². The van der Waals surface area contributed by atoms with Crippen LogP contribution in [0.3, 0.4) is 0 Å². The fourth-order valence-corrected chi connectivity index (χ4v) is 1.82. The number of thioether (sulfide) groups is 1. The van der Waals surface area contributed by atoms with Crippen LogP contribution in [0.1, 0.15) is 37.9 Å². The van der Waals surface area contributed by atoms with Gasteiger partial charge in [0.25, 0.3) is 5.22 Å². The van der Waals surface area contributed by atoms with Crippen LogP contribution < -0.4 is 5.32 Å². The number of ether oxygens (including phenoxy) is 1. The van der Waals surface area contributed by atoms with Crippen LogP contribution in [0.4, 0.5) is 0 Å². The average molecular weight is 301 g/mol. The van der Waals surface area contributed by atoms with E-state index in [2.05, 4.69) is 29.4 Å². The second kappa shape index (κ2) is 8.57. The Hall–Kier alpha value is -1.57. The standard InChI is InChI=1S/C12H19N3O4S/c1-4-18-11(17)10-14-15-12(19-10)20-7-9(16)13-6-5-8(2)3/h8H,4-7H2,1-3H3,(H,13,16). The zero-order chi connectivity index (χ0) is 15.0. The fourth-order valence-electron chi connectivity index (χ4n) is 1.22. The van der Waals surface area contributed by atoms with Gasteiger partial charge in [0.2, 0.25) is 5.91 Å². The Labute approximate surface area is 121 Å². The van der Waals surface area contributed by atoms with Crippen LogP contribution in [0, 0.1) is 5.92 Å². The molecule has 0 aliphatic heterocycles. The topological polar surface area (TPSA) is 94.3 Å². The molecule has 0 bridgehead atoms. The zero-order valence-corrected chi connectivity index (χ0v) is 12.7. The van der Waals surface area contributed by atoms with E-state index in [1.165, 1.54) is 0 Å². The maximum Gasteiger partial charge on any atom is 0.396 e. The minimum atomic E-state index is -0.659. The molecule has 0 radical (unpaired) electrons.